The van der Waals surface area contributed by atoms with Gasteiger partial charge in [0, 0.05) is 38.8 Å². The van der Waals surface area contributed by atoms with Crippen LogP contribution in [0.15, 0.2) is 30.3 Å². The minimum absolute atomic E-state index is 0.135. The van der Waals surface area contributed by atoms with Crippen molar-refractivity contribution in [1.29, 1.82) is 0 Å². The number of rotatable bonds is 4. The quantitative estimate of drug-likeness (QED) is 0.799. The van der Waals surface area contributed by atoms with Gasteiger partial charge in [0.2, 0.25) is 5.91 Å². The van der Waals surface area contributed by atoms with Gasteiger partial charge >= 0.3 is 0 Å². The van der Waals surface area contributed by atoms with E-state index < -0.39 is 0 Å². The second-order valence-corrected chi connectivity index (χ2v) is 6.60. The van der Waals surface area contributed by atoms with Crippen LogP contribution in [0.25, 0.3) is 6.08 Å². The van der Waals surface area contributed by atoms with Gasteiger partial charge in [-0.2, -0.15) is 0 Å². The summed E-state index contributed by atoms with van der Waals surface area (Å²) < 4.78 is 5.39. The maximum Gasteiger partial charge on any atom is 0.246 e. The third-order valence-electron chi connectivity index (χ3n) is 4.68. The highest BCUT2D eigenvalue weighted by Gasteiger charge is 2.27. The lowest BCUT2D eigenvalue weighted by molar-refractivity contribution is -0.125. The third-order valence-corrected chi connectivity index (χ3v) is 4.68. The second kappa shape index (κ2) is 7.75. The van der Waals surface area contributed by atoms with Crippen molar-refractivity contribution in [3.63, 3.8) is 0 Å². The van der Waals surface area contributed by atoms with Gasteiger partial charge in [-0.1, -0.05) is 29.8 Å². The van der Waals surface area contributed by atoms with Crippen LogP contribution in [-0.2, 0) is 9.53 Å². The second-order valence-electron chi connectivity index (χ2n) is 6.60. The van der Waals surface area contributed by atoms with E-state index in [2.05, 4.69) is 24.0 Å². The minimum atomic E-state index is 0.135. The zero-order valence-corrected chi connectivity index (χ0v) is 13.9. The van der Waals surface area contributed by atoms with Crippen LogP contribution in [0.3, 0.4) is 0 Å². The van der Waals surface area contributed by atoms with Gasteiger partial charge in [-0.15, -0.1) is 0 Å². The molecule has 0 bridgehead atoms. The molecule has 0 aliphatic carbocycles. The Morgan fingerprint density at radius 3 is 2.91 bits per heavy atom. The van der Waals surface area contributed by atoms with Crippen LogP contribution in [0.5, 0.6) is 0 Å². The topological polar surface area (TPSA) is 32.8 Å². The van der Waals surface area contributed by atoms with Gasteiger partial charge in [0.15, 0.2) is 0 Å². The average molecular weight is 314 g/mol. The van der Waals surface area contributed by atoms with Crippen molar-refractivity contribution in [2.24, 2.45) is 5.92 Å². The lowest BCUT2D eigenvalue weighted by Crippen LogP contribution is -2.40. The molecule has 124 valence electrons. The molecule has 2 heterocycles. The molecule has 2 aliphatic heterocycles. The van der Waals surface area contributed by atoms with Crippen molar-refractivity contribution < 1.29 is 9.53 Å². The lowest BCUT2D eigenvalue weighted by Gasteiger charge is -2.28. The van der Waals surface area contributed by atoms with Gasteiger partial charge in [0.05, 0.1) is 13.2 Å². The molecule has 1 aromatic carbocycles. The molecule has 1 amide bonds. The highest BCUT2D eigenvalue weighted by molar-refractivity contribution is 5.92. The standard InChI is InChI=1S/C19H26N2O2/c1-16-3-2-4-17(13-16)5-6-19(22)21-8-7-18(15-21)14-20-9-11-23-12-10-20/h2-6,13,18H,7-12,14-15H2,1H3/b6-5+. The van der Waals surface area contributed by atoms with Crippen LogP contribution in [-0.4, -0.2) is 61.6 Å². The van der Waals surface area contributed by atoms with E-state index in [4.69, 9.17) is 4.74 Å². The van der Waals surface area contributed by atoms with E-state index in [-0.39, 0.29) is 5.91 Å². The summed E-state index contributed by atoms with van der Waals surface area (Å²) in [7, 11) is 0. The Balaban J connectivity index is 1.49. The summed E-state index contributed by atoms with van der Waals surface area (Å²) in [6.07, 6.45) is 4.75. The normalized spacial score (nSPS) is 22.8. The Kier molecular flexibility index (Phi) is 5.47. The van der Waals surface area contributed by atoms with Crippen LogP contribution in [0.2, 0.25) is 0 Å². The number of hydrogen-bond acceptors (Lipinski definition) is 3. The van der Waals surface area contributed by atoms with Crippen LogP contribution in [0, 0.1) is 12.8 Å². The zero-order valence-electron chi connectivity index (χ0n) is 13.9. The predicted molar refractivity (Wildman–Crippen MR) is 92.2 cm³/mol. The summed E-state index contributed by atoms with van der Waals surface area (Å²) in [4.78, 5) is 16.8. The van der Waals surface area contributed by atoms with Crippen LogP contribution in [0.1, 0.15) is 17.5 Å². The minimum Gasteiger partial charge on any atom is -0.379 e. The molecule has 4 nitrogen and oxygen atoms in total. The number of nitrogens with zero attached hydrogens (tertiary/aromatic N) is 2. The first kappa shape index (κ1) is 16.2. The van der Waals surface area contributed by atoms with E-state index in [1.807, 2.05) is 23.1 Å². The number of aryl methyl sites for hydroxylation is 1. The molecule has 0 N–H and O–H groups in total. The highest BCUT2D eigenvalue weighted by Crippen LogP contribution is 2.19. The smallest absolute Gasteiger partial charge is 0.246 e. The predicted octanol–water partition coefficient (Wildman–Crippen LogP) is 2.19. The molecule has 1 atom stereocenters. The Morgan fingerprint density at radius 1 is 1.30 bits per heavy atom. The fourth-order valence-corrected chi connectivity index (χ4v) is 3.38. The molecule has 3 rings (SSSR count). The first-order valence-electron chi connectivity index (χ1n) is 8.54. The Bertz CT molecular complexity index is 564. The number of likely N-dealkylation sites (tertiary alicyclic amines) is 1. The number of morpholine rings is 1. The highest BCUT2D eigenvalue weighted by atomic mass is 16.5. The van der Waals surface area contributed by atoms with Gasteiger partial charge in [-0.05, 0) is 30.9 Å². The summed E-state index contributed by atoms with van der Waals surface area (Å²) in [6, 6.07) is 8.21. The van der Waals surface area contributed by atoms with E-state index >= 15 is 0 Å². The molecule has 2 fully saturated rings. The summed E-state index contributed by atoms with van der Waals surface area (Å²) >= 11 is 0. The third kappa shape index (κ3) is 4.66. The van der Waals surface area contributed by atoms with E-state index in [0.717, 1.165) is 57.9 Å². The summed E-state index contributed by atoms with van der Waals surface area (Å²) in [5.41, 5.74) is 2.30. The van der Waals surface area contributed by atoms with Gasteiger partial charge in [0.1, 0.15) is 0 Å². The molecule has 1 aromatic rings. The molecule has 2 aliphatic rings. The lowest BCUT2D eigenvalue weighted by atomic mass is 10.1. The molecule has 0 saturated carbocycles. The number of benzene rings is 1. The zero-order chi connectivity index (χ0) is 16.1. The van der Waals surface area contributed by atoms with Crippen molar-refractivity contribution in [2.45, 2.75) is 13.3 Å². The van der Waals surface area contributed by atoms with Crippen LogP contribution < -0.4 is 0 Å². The summed E-state index contributed by atoms with van der Waals surface area (Å²) in [5.74, 6) is 0.736. The Hall–Kier alpha value is -1.65. The number of hydrogen-bond donors (Lipinski definition) is 0. The van der Waals surface area contributed by atoms with E-state index in [1.165, 1.54) is 5.56 Å². The van der Waals surface area contributed by atoms with Crippen LogP contribution in [0.4, 0.5) is 0 Å². The van der Waals surface area contributed by atoms with Crippen molar-refractivity contribution in [3.05, 3.63) is 41.5 Å². The molecular weight excluding hydrogens is 288 g/mol. The largest absolute Gasteiger partial charge is 0.379 e. The maximum absolute atomic E-state index is 12.3. The van der Waals surface area contributed by atoms with Crippen LogP contribution >= 0.6 is 0 Å². The van der Waals surface area contributed by atoms with Gasteiger partial charge < -0.3 is 9.64 Å². The van der Waals surface area contributed by atoms with Crippen molar-refractivity contribution in [2.75, 3.05) is 45.9 Å². The number of amides is 1. The van der Waals surface area contributed by atoms with Gasteiger partial charge in [-0.25, -0.2) is 0 Å². The monoisotopic (exact) mass is 314 g/mol. The summed E-state index contributed by atoms with van der Waals surface area (Å²) in [5, 5.41) is 0. The first-order valence-corrected chi connectivity index (χ1v) is 8.54. The van der Waals surface area contributed by atoms with Gasteiger partial charge in [0.25, 0.3) is 0 Å². The van der Waals surface area contributed by atoms with Crippen molar-refractivity contribution in [1.82, 2.24) is 9.80 Å². The molecule has 0 aromatic heterocycles. The van der Waals surface area contributed by atoms with Gasteiger partial charge in [-0.3, -0.25) is 9.69 Å². The molecule has 0 radical (unpaired) electrons. The molecule has 23 heavy (non-hydrogen) atoms. The molecule has 0 spiro atoms. The van der Waals surface area contributed by atoms with E-state index in [9.17, 15) is 4.79 Å². The maximum atomic E-state index is 12.3. The number of ether oxygens (including phenoxy) is 1. The summed E-state index contributed by atoms with van der Waals surface area (Å²) in [6.45, 7) is 8.66. The fourth-order valence-electron chi connectivity index (χ4n) is 3.38. The van der Waals surface area contributed by atoms with Crippen molar-refractivity contribution in [3.8, 4) is 0 Å². The molecule has 1 unspecified atom stereocenters. The molecule has 4 heteroatoms. The number of carbonyl (C=O) groups is 1. The fraction of sp³-hybridized carbons (Fsp3) is 0.526. The number of carbonyl (C=O) groups excluding carboxylic acids is 1. The van der Waals surface area contributed by atoms with E-state index in [1.54, 1.807) is 6.08 Å². The Labute approximate surface area is 138 Å². The Morgan fingerprint density at radius 2 is 2.13 bits per heavy atom. The molecule has 2 saturated heterocycles. The SMILES string of the molecule is Cc1cccc(/C=C/C(=O)N2CCC(CN3CCOCC3)C2)c1. The van der Waals surface area contributed by atoms with Crippen molar-refractivity contribution >= 4 is 12.0 Å². The van der Waals surface area contributed by atoms with E-state index in [0.29, 0.717) is 5.92 Å². The average Bonchev–Trinajstić information content (AvgIpc) is 3.02. The molecular formula is C19H26N2O2. The first-order chi connectivity index (χ1) is 11.2.